The Balaban J connectivity index is 1.47. The van der Waals surface area contributed by atoms with Crippen LogP contribution >= 0.6 is 11.6 Å². The number of hydrogen-bond donors (Lipinski definition) is 0. The standard InChI is InChI=1S/C20H21ClN4O2/c21-17-5-3-16(4-6-17)20-23-19(27-24-20)14-25(13-18-2-1-11-26-18)12-15-7-9-22-10-8-15/h3-10,18H,1-2,11-14H2. The summed E-state index contributed by atoms with van der Waals surface area (Å²) in [4.78, 5) is 10.9. The zero-order chi connectivity index (χ0) is 18.5. The molecule has 27 heavy (non-hydrogen) atoms. The molecule has 6 nitrogen and oxygen atoms in total. The maximum atomic E-state index is 5.94. The van der Waals surface area contributed by atoms with Gasteiger partial charge in [-0.05, 0) is 54.8 Å². The predicted molar refractivity (Wildman–Crippen MR) is 102 cm³/mol. The van der Waals surface area contributed by atoms with Gasteiger partial charge in [-0.15, -0.1) is 0 Å². The van der Waals surface area contributed by atoms with E-state index in [0.717, 1.165) is 38.1 Å². The summed E-state index contributed by atoms with van der Waals surface area (Å²) in [6, 6.07) is 11.5. The molecular weight excluding hydrogens is 364 g/mol. The normalized spacial score (nSPS) is 16.9. The summed E-state index contributed by atoms with van der Waals surface area (Å²) in [6.07, 6.45) is 6.09. The maximum Gasteiger partial charge on any atom is 0.241 e. The molecule has 4 rings (SSSR count). The van der Waals surface area contributed by atoms with Crippen LogP contribution in [0.5, 0.6) is 0 Å². The van der Waals surface area contributed by atoms with Crippen molar-refractivity contribution in [3.05, 3.63) is 65.3 Å². The van der Waals surface area contributed by atoms with Crippen LogP contribution in [0.2, 0.25) is 5.02 Å². The fourth-order valence-corrected chi connectivity index (χ4v) is 3.36. The van der Waals surface area contributed by atoms with Crippen molar-refractivity contribution in [2.75, 3.05) is 13.2 Å². The number of hydrogen-bond acceptors (Lipinski definition) is 6. The van der Waals surface area contributed by atoms with Crippen LogP contribution in [0.4, 0.5) is 0 Å². The quantitative estimate of drug-likeness (QED) is 0.614. The lowest BCUT2D eigenvalue weighted by atomic mass is 10.2. The zero-order valence-electron chi connectivity index (χ0n) is 14.9. The molecule has 0 radical (unpaired) electrons. The largest absolute Gasteiger partial charge is 0.377 e. The molecule has 1 unspecified atom stereocenters. The molecule has 3 aromatic rings. The lowest BCUT2D eigenvalue weighted by Gasteiger charge is -2.23. The topological polar surface area (TPSA) is 64.3 Å². The molecule has 3 heterocycles. The van der Waals surface area contributed by atoms with Crippen LogP contribution in [0.15, 0.2) is 53.3 Å². The Morgan fingerprint density at radius 2 is 1.89 bits per heavy atom. The Kier molecular flexibility index (Phi) is 5.77. The van der Waals surface area contributed by atoms with Gasteiger partial charge in [-0.2, -0.15) is 4.98 Å². The van der Waals surface area contributed by atoms with E-state index in [-0.39, 0.29) is 6.10 Å². The molecule has 0 N–H and O–H groups in total. The molecular formula is C20H21ClN4O2. The molecule has 7 heteroatoms. The van der Waals surface area contributed by atoms with Gasteiger partial charge in [0.1, 0.15) is 0 Å². The van der Waals surface area contributed by atoms with Crippen molar-refractivity contribution in [3.8, 4) is 11.4 Å². The van der Waals surface area contributed by atoms with E-state index in [1.165, 1.54) is 5.56 Å². The molecule has 0 bridgehead atoms. The summed E-state index contributed by atoms with van der Waals surface area (Å²) >= 11 is 5.94. The van der Waals surface area contributed by atoms with Crippen molar-refractivity contribution in [3.63, 3.8) is 0 Å². The first-order chi connectivity index (χ1) is 13.3. The number of benzene rings is 1. The van der Waals surface area contributed by atoms with Gasteiger partial charge >= 0.3 is 0 Å². The fourth-order valence-electron chi connectivity index (χ4n) is 3.23. The van der Waals surface area contributed by atoms with E-state index in [1.54, 1.807) is 0 Å². The van der Waals surface area contributed by atoms with E-state index in [0.29, 0.717) is 23.3 Å². The van der Waals surface area contributed by atoms with Crippen LogP contribution < -0.4 is 0 Å². The molecule has 0 amide bonds. The van der Waals surface area contributed by atoms with Crippen LogP contribution in [0.3, 0.4) is 0 Å². The minimum atomic E-state index is 0.255. The van der Waals surface area contributed by atoms with E-state index >= 15 is 0 Å². The Morgan fingerprint density at radius 1 is 1.07 bits per heavy atom. The van der Waals surface area contributed by atoms with E-state index in [9.17, 15) is 0 Å². The summed E-state index contributed by atoms with van der Waals surface area (Å²) in [7, 11) is 0. The number of halogens is 1. The molecule has 0 saturated carbocycles. The Labute approximate surface area is 163 Å². The third-order valence-corrected chi connectivity index (χ3v) is 4.82. The molecule has 1 atom stereocenters. The molecule has 1 fully saturated rings. The Hall–Kier alpha value is -2.28. The van der Waals surface area contributed by atoms with Crippen LogP contribution in [0, 0.1) is 0 Å². The monoisotopic (exact) mass is 384 g/mol. The summed E-state index contributed by atoms with van der Waals surface area (Å²) in [5.74, 6) is 1.16. The number of pyridine rings is 1. The second kappa shape index (κ2) is 8.61. The third-order valence-electron chi connectivity index (χ3n) is 4.57. The average Bonchev–Trinajstić information content (AvgIpc) is 3.35. The molecule has 1 aliphatic rings. The van der Waals surface area contributed by atoms with Gasteiger partial charge in [0.15, 0.2) is 0 Å². The summed E-state index contributed by atoms with van der Waals surface area (Å²) < 4.78 is 11.3. The van der Waals surface area contributed by atoms with Gasteiger partial charge in [0.2, 0.25) is 11.7 Å². The first-order valence-electron chi connectivity index (χ1n) is 9.07. The number of aromatic nitrogens is 3. The van der Waals surface area contributed by atoms with Gasteiger partial charge in [0.25, 0.3) is 0 Å². The van der Waals surface area contributed by atoms with Crippen molar-refractivity contribution in [2.24, 2.45) is 0 Å². The highest BCUT2D eigenvalue weighted by Crippen LogP contribution is 2.20. The molecule has 0 aliphatic carbocycles. The number of rotatable bonds is 7. The van der Waals surface area contributed by atoms with Gasteiger partial charge < -0.3 is 9.26 Å². The van der Waals surface area contributed by atoms with Gasteiger partial charge in [-0.25, -0.2) is 0 Å². The molecule has 1 aromatic carbocycles. The number of nitrogens with zero attached hydrogens (tertiary/aromatic N) is 4. The Bertz CT molecular complexity index is 848. The SMILES string of the molecule is Clc1ccc(-c2noc(CN(Cc3ccncc3)CC3CCCO3)n2)cc1. The van der Waals surface area contributed by atoms with Crippen molar-refractivity contribution >= 4 is 11.6 Å². The second-order valence-corrected chi connectivity index (χ2v) is 7.12. The zero-order valence-corrected chi connectivity index (χ0v) is 15.7. The van der Waals surface area contributed by atoms with Crippen LogP contribution in [-0.2, 0) is 17.8 Å². The molecule has 2 aromatic heterocycles. The molecule has 1 aliphatic heterocycles. The lowest BCUT2D eigenvalue weighted by molar-refractivity contribution is 0.0640. The van der Waals surface area contributed by atoms with Gasteiger partial charge in [0.05, 0.1) is 12.6 Å². The van der Waals surface area contributed by atoms with Crippen molar-refractivity contribution < 1.29 is 9.26 Å². The average molecular weight is 385 g/mol. The van der Waals surface area contributed by atoms with Crippen LogP contribution in [0.25, 0.3) is 11.4 Å². The van der Waals surface area contributed by atoms with E-state index in [4.69, 9.17) is 20.9 Å². The van der Waals surface area contributed by atoms with Gasteiger partial charge in [-0.1, -0.05) is 16.8 Å². The number of ether oxygens (including phenoxy) is 1. The van der Waals surface area contributed by atoms with E-state index < -0.39 is 0 Å². The van der Waals surface area contributed by atoms with Gasteiger partial charge in [0, 0.05) is 42.7 Å². The van der Waals surface area contributed by atoms with Gasteiger partial charge in [-0.3, -0.25) is 9.88 Å². The summed E-state index contributed by atoms with van der Waals surface area (Å²) in [6.45, 7) is 3.03. The van der Waals surface area contributed by atoms with Crippen LogP contribution in [-0.4, -0.2) is 39.3 Å². The van der Waals surface area contributed by atoms with E-state index in [1.807, 2.05) is 48.8 Å². The summed E-state index contributed by atoms with van der Waals surface area (Å²) in [5.41, 5.74) is 2.08. The highest BCUT2D eigenvalue weighted by molar-refractivity contribution is 6.30. The first-order valence-corrected chi connectivity index (χ1v) is 9.45. The van der Waals surface area contributed by atoms with Crippen LogP contribution in [0.1, 0.15) is 24.3 Å². The Morgan fingerprint density at radius 3 is 2.63 bits per heavy atom. The van der Waals surface area contributed by atoms with Crippen molar-refractivity contribution in [1.82, 2.24) is 20.0 Å². The molecule has 1 saturated heterocycles. The third kappa shape index (κ3) is 4.91. The second-order valence-electron chi connectivity index (χ2n) is 6.68. The predicted octanol–water partition coefficient (Wildman–Crippen LogP) is 3.97. The fraction of sp³-hybridized carbons (Fsp3) is 0.350. The highest BCUT2D eigenvalue weighted by atomic mass is 35.5. The lowest BCUT2D eigenvalue weighted by Crippen LogP contribution is -2.31. The van der Waals surface area contributed by atoms with Crippen molar-refractivity contribution in [1.29, 1.82) is 0 Å². The molecule has 140 valence electrons. The maximum absolute atomic E-state index is 5.94. The summed E-state index contributed by atoms with van der Waals surface area (Å²) in [5, 5.41) is 4.79. The minimum Gasteiger partial charge on any atom is -0.377 e. The smallest absolute Gasteiger partial charge is 0.241 e. The first kappa shape index (κ1) is 18.1. The highest BCUT2D eigenvalue weighted by Gasteiger charge is 2.21. The molecule has 0 spiro atoms. The minimum absolute atomic E-state index is 0.255. The van der Waals surface area contributed by atoms with E-state index in [2.05, 4.69) is 20.0 Å². The van der Waals surface area contributed by atoms with Crippen molar-refractivity contribution in [2.45, 2.75) is 32.0 Å².